The van der Waals surface area contributed by atoms with Crippen LogP contribution in [0, 0.1) is 0 Å². The molecule has 3 N–H and O–H groups in total. The van der Waals surface area contributed by atoms with E-state index >= 15 is 0 Å². The zero-order valence-electron chi connectivity index (χ0n) is 10.1. The molecule has 0 aliphatic carbocycles. The summed E-state index contributed by atoms with van der Waals surface area (Å²) < 4.78 is 5.60. The van der Waals surface area contributed by atoms with Gasteiger partial charge in [-0.1, -0.05) is 29.8 Å². The van der Waals surface area contributed by atoms with Crippen molar-refractivity contribution >= 4 is 17.5 Å². The molecule has 0 aliphatic heterocycles. The summed E-state index contributed by atoms with van der Waals surface area (Å²) in [5, 5.41) is 0.686. The van der Waals surface area contributed by atoms with Crippen LogP contribution in [-0.4, -0.2) is 5.91 Å². The third kappa shape index (κ3) is 3.71. The molecule has 0 aliphatic rings. The molecule has 0 fully saturated rings. The molecule has 19 heavy (non-hydrogen) atoms. The Labute approximate surface area is 116 Å². The number of nitrogen functional groups attached to an aromatic ring is 1. The fourth-order valence-corrected chi connectivity index (χ4v) is 1.68. The van der Waals surface area contributed by atoms with Crippen LogP contribution in [0.25, 0.3) is 0 Å². The van der Waals surface area contributed by atoms with Crippen LogP contribution in [0.3, 0.4) is 0 Å². The highest BCUT2D eigenvalue weighted by atomic mass is 35.5. The second-order valence-corrected chi connectivity index (χ2v) is 4.35. The number of carbonyl (C=O) groups excluding carboxylic acids is 1. The lowest BCUT2D eigenvalue weighted by Crippen LogP contribution is -2.29. The van der Waals surface area contributed by atoms with Gasteiger partial charge in [-0.3, -0.25) is 10.2 Å². The minimum Gasteiger partial charge on any atom is -0.489 e. The van der Waals surface area contributed by atoms with Gasteiger partial charge in [-0.25, -0.2) is 5.84 Å². The first-order chi connectivity index (χ1) is 9.19. The Morgan fingerprint density at radius 2 is 1.95 bits per heavy atom. The quantitative estimate of drug-likeness (QED) is 0.512. The van der Waals surface area contributed by atoms with Crippen molar-refractivity contribution in [3.8, 4) is 5.75 Å². The van der Waals surface area contributed by atoms with Gasteiger partial charge in [-0.2, -0.15) is 0 Å². The Morgan fingerprint density at radius 3 is 2.63 bits per heavy atom. The Hall–Kier alpha value is -2.04. The SMILES string of the molecule is NNC(=O)c1cccc(OCc2ccc(Cl)cc2)c1. The van der Waals surface area contributed by atoms with Crippen molar-refractivity contribution in [2.24, 2.45) is 5.84 Å². The fourth-order valence-electron chi connectivity index (χ4n) is 1.56. The van der Waals surface area contributed by atoms with E-state index in [1.165, 1.54) is 0 Å². The van der Waals surface area contributed by atoms with Crippen LogP contribution in [-0.2, 0) is 6.61 Å². The lowest BCUT2D eigenvalue weighted by molar-refractivity contribution is 0.0953. The highest BCUT2D eigenvalue weighted by Gasteiger charge is 2.04. The molecule has 0 heterocycles. The highest BCUT2D eigenvalue weighted by Crippen LogP contribution is 2.16. The molecule has 98 valence electrons. The van der Waals surface area contributed by atoms with Crippen molar-refractivity contribution in [2.45, 2.75) is 6.61 Å². The second kappa shape index (κ2) is 6.22. The van der Waals surface area contributed by atoms with Crippen LogP contribution in [0.15, 0.2) is 48.5 Å². The van der Waals surface area contributed by atoms with Crippen LogP contribution in [0.1, 0.15) is 15.9 Å². The summed E-state index contributed by atoms with van der Waals surface area (Å²) in [6.45, 7) is 0.408. The number of amides is 1. The molecule has 4 nitrogen and oxygen atoms in total. The summed E-state index contributed by atoms with van der Waals surface area (Å²) in [6, 6.07) is 14.2. The van der Waals surface area contributed by atoms with Gasteiger partial charge in [0.2, 0.25) is 0 Å². The molecule has 5 heteroatoms. The molecule has 0 radical (unpaired) electrons. The third-order valence-corrected chi connectivity index (χ3v) is 2.80. The summed E-state index contributed by atoms with van der Waals surface area (Å²) in [4.78, 5) is 11.4. The molecule has 1 amide bonds. The number of benzene rings is 2. The number of hydrazine groups is 1. The molecule has 0 atom stereocenters. The highest BCUT2D eigenvalue weighted by molar-refractivity contribution is 6.30. The van der Waals surface area contributed by atoms with E-state index in [1.54, 1.807) is 36.4 Å². The first kappa shape index (κ1) is 13.4. The van der Waals surface area contributed by atoms with E-state index in [4.69, 9.17) is 22.2 Å². The third-order valence-electron chi connectivity index (χ3n) is 2.55. The Kier molecular flexibility index (Phi) is 4.39. The smallest absolute Gasteiger partial charge is 0.265 e. The van der Waals surface area contributed by atoms with Crippen molar-refractivity contribution in [1.82, 2.24) is 5.43 Å². The predicted octanol–water partition coefficient (Wildman–Crippen LogP) is 2.52. The summed E-state index contributed by atoms with van der Waals surface area (Å²) in [5.74, 6) is 5.34. The number of carbonyl (C=O) groups is 1. The molecule has 0 spiro atoms. The largest absolute Gasteiger partial charge is 0.489 e. The van der Waals surface area contributed by atoms with Gasteiger partial charge >= 0.3 is 0 Å². The Bertz CT molecular complexity index is 570. The number of ether oxygens (including phenoxy) is 1. The normalized spacial score (nSPS) is 10.0. The molecular weight excluding hydrogens is 264 g/mol. The van der Waals surface area contributed by atoms with Crippen molar-refractivity contribution in [1.29, 1.82) is 0 Å². The van der Waals surface area contributed by atoms with Crippen molar-refractivity contribution in [2.75, 3.05) is 0 Å². The Morgan fingerprint density at radius 1 is 1.21 bits per heavy atom. The van der Waals surface area contributed by atoms with Gasteiger partial charge in [0.05, 0.1) is 0 Å². The predicted molar refractivity (Wildman–Crippen MR) is 73.9 cm³/mol. The second-order valence-electron chi connectivity index (χ2n) is 3.92. The summed E-state index contributed by atoms with van der Waals surface area (Å²) in [6.07, 6.45) is 0. The van der Waals surface area contributed by atoms with E-state index in [0.717, 1.165) is 5.56 Å². The standard InChI is InChI=1S/C14H13ClN2O2/c15-12-6-4-10(5-7-12)9-19-13-3-1-2-11(8-13)14(18)17-16/h1-8H,9,16H2,(H,17,18). The number of hydrogen-bond donors (Lipinski definition) is 2. The first-order valence-electron chi connectivity index (χ1n) is 5.67. The number of nitrogens with one attached hydrogen (secondary N) is 1. The Balaban J connectivity index is 2.03. The maximum Gasteiger partial charge on any atom is 0.265 e. The van der Waals surface area contributed by atoms with Crippen LogP contribution in [0.5, 0.6) is 5.75 Å². The zero-order chi connectivity index (χ0) is 13.7. The van der Waals surface area contributed by atoms with Crippen LogP contribution in [0.4, 0.5) is 0 Å². The summed E-state index contributed by atoms with van der Waals surface area (Å²) in [7, 11) is 0. The molecule has 0 saturated carbocycles. The van der Waals surface area contributed by atoms with Gasteiger partial charge in [0.1, 0.15) is 12.4 Å². The van der Waals surface area contributed by atoms with Gasteiger partial charge in [0, 0.05) is 10.6 Å². The maximum atomic E-state index is 11.4. The van der Waals surface area contributed by atoms with Gasteiger partial charge in [0.15, 0.2) is 0 Å². The molecule has 2 rings (SSSR count). The van der Waals surface area contributed by atoms with Crippen molar-refractivity contribution < 1.29 is 9.53 Å². The van der Waals surface area contributed by atoms with Gasteiger partial charge < -0.3 is 4.74 Å². The summed E-state index contributed by atoms with van der Waals surface area (Å²) >= 11 is 5.80. The van der Waals surface area contributed by atoms with Gasteiger partial charge in [-0.05, 0) is 35.9 Å². The monoisotopic (exact) mass is 276 g/mol. The topological polar surface area (TPSA) is 64.3 Å². The number of rotatable bonds is 4. The van der Waals surface area contributed by atoms with Crippen molar-refractivity contribution in [3.63, 3.8) is 0 Å². The fraction of sp³-hybridized carbons (Fsp3) is 0.0714. The molecule has 0 aromatic heterocycles. The van der Waals surface area contributed by atoms with Crippen LogP contribution < -0.4 is 16.0 Å². The molecule has 0 bridgehead atoms. The van der Waals surface area contributed by atoms with Crippen LogP contribution in [0.2, 0.25) is 5.02 Å². The van der Waals surface area contributed by atoms with E-state index in [2.05, 4.69) is 5.43 Å². The number of halogens is 1. The van der Waals surface area contributed by atoms with E-state index in [-0.39, 0.29) is 5.91 Å². The molecule has 0 unspecified atom stereocenters. The van der Waals surface area contributed by atoms with Crippen LogP contribution >= 0.6 is 11.6 Å². The number of nitrogens with two attached hydrogens (primary N) is 1. The molecule has 0 saturated heterocycles. The van der Waals surface area contributed by atoms with E-state index in [0.29, 0.717) is 22.9 Å². The lowest BCUT2D eigenvalue weighted by atomic mass is 10.2. The minimum absolute atomic E-state index is 0.350. The minimum atomic E-state index is -0.350. The van der Waals surface area contributed by atoms with Gasteiger partial charge in [-0.15, -0.1) is 0 Å². The van der Waals surface area contributed by atoms with E-state index in [1.807, 2.05) is 12.1 Å². The molecular formula is C14H13ClN2O2. The zero-order valence-corrected chi connectivity index (χ0v) is 10.9. The summed E-state index contributed by atoms with van der Waals surface area (Å²) in [5.41, 5.74) is 3.53. The average molecular weight is 277 g/mol. The van der Waals surface area contributed by atoms with Gasteiger partial charge in [0.25, 0.3) is 5.91 Å². The lowest BCUT2D eigenvalue weighted by Gasteiger charge is -2.07. The maximum absolute atomic E-state index is 11.4. The van der Waals surface area contributed by atoms with E-state index < -0.39 is 0 Å². The van der Waals surface area contributed by atoms with E-state index in [9.17, 15) is 4.79 Å². The average Bonchev–Trinajstić information content (AvgIpc) is 2.46. The molecule has 2 aromatic rings. The van der Waals surface area contributed by atoms with Crippen molar-refractivity contribution in [3.05, 3.63) is 64.7 Å². The first-order valence-corrected chi connectivity index (χ1v) is 6.05. The number of hydrogen-bond acceptors (Lipinski definition) is 3. The molecule has 2 aromatic carbocycles.